The summed E-state index contributed by atoms with van der Waals surface area (Å²) in [7, 11) is 1.41. The molecule has 0 aromatic heterocycles. The molecule has 0 fully saturated rings. The number of aliphatic carboxylic acids is 1. The largest absolute Gasteiger partial charge is 0.507 e. The van der Waals surface area contributed by atoms with Crippen LogP contribution in [-0.4, -0.2) is 46.0 Å². The number of phenols is 3. The Kier molecular flexibility index (Phi) is 5.74. The lowest BCUT2D eigenvalue weighted by atomic mass is 10.1. The Morgan fingerprint density at radius 1 is 1.04 bits per heavy atom. The standard InChI is InChI=1S/C17H17NO8/c1-25-14-3-2-9(4-11(14)19)7-18-17(24)16-12(20)5-10(6-13(16)21)26-8-15(22)23/h2-6,19-21H,7-8H2,1H3,(H,18,24)(H,22,23). The van der Waals surface area contributed by atoms with E-state index in [9.17, 15) is 24.9 Å². The highest BCUT2D eigenvalue weighted by Crippen LogP contribution is 2.32. The van der Waals surface area contributed by atoms with Crippen LogP contribution in [-0.2, 0) is 11.3 Å². The number of hydrogen-bond acceptors (Lipinski definition) is 7. The molecule has 0 heterocycles. The molecule has 5 N–H and O–H groups in total. The minimum absolute atomic E-state index is 0.0204. The molecule has 9 nitrogen and oxygen atoms in total. The van der Waals surface area contributed by atoms with E-state index in [1.54, 1.807) is 6.07 Å². The van der Waals surface area contributed by atoms with E-state index in [-0.39, 0.29) is 29.4 Å². The molecule has 0 saturated carbocycles. The minimum Gasteiger partial charge on any atom is -0.507 e. The van der Waals surface area contributed by atoms with Crippen LogP contribution >= 0.6 is 0 Å². The van der Waals surface area contributed by atoms with Crippen molar-refractivity contribution >= 4 is 11.9 Å². The average molecular weight is 363 g/mol. The number of rotatable bonds is 7. The van der Waals surface area contributed by atoms with Gasteiger partial charge >= 0.3 is 5.97 Å². The zero-order chi connectivity index (χ0) is 19.3. The first-order chi connectivity index (χ1) is 12.3. The Bertz CT molecular complexity index is 811. The molecule has 138 valence electrons. The predicted molar refractivity (Wildman–Crippen MR) is 88.7 cm³/mol. The van der Waals surface area contributed by atoms with Crippen LogP contribution in [0.3, 0.4) is 0 Å². The van der Waals surface area contributed by atoms with E-state index in [1.165, 1.54) is 19.2 Å². The number of benzene rings is 2. The normalized spacial score (nSPS) is 10.2. The number of carbonyl (C=O) groups excluding carboxylic acids is 1. The van der Waals surface area contributed by atoms with Gasteiger partial charge in [-0.3, -0.25) is 4.79 Å². The van der Waals surface area contributed by atoms with Crippen molar-refractivity contribution in [2.45, 2.75) is 6.54 Å². The van der Waals surface area contributed by atoms with Gasteiger partial charge in [-0.05, 0) is 17.7 Å². The van der Waals surface area contributed by atoms with Gasteiger partial charge in [0.1, 0.15) is 22.8 Å². The van der Waals surface area contributed by atoms with E-state index < -0.39 is 30.0 Å². The molecule has 2 rings (SSSR count). The first kappa shape index (κ1) is 18.7. The first-order valence-corrected chi connectivity index (χ1v) is 7.36. The smallest absolute Gasteiger partial charge is 0.341 e. The summed E-state index contributed by atoms with van der Waals surface area (Å²) < 4.78 is 9.76. The summed E-state index contributed by atoms with van der Waals surface area (Å²) in [4.78, 5) is 22.7. The summed E-state index contributed by atoms with van der Waals surface area (Å²) in [6.07, 6.45) is 0. The number of aromatic hydroxyl groups is 3. The molecule has 0 bridgehead atoms. The molecule has 0 atom stereocenters. The van der Waals surface area contributed by atoms with Gasteiger partial charge in [0, 0.05) is 18.7 Å². The third-order valence-corrected chi connectivity index (χ3v) is 3.36. The summed E-state index contributed by atoms with van der Waals surface area (Å²) in [5.41, 5.74) is 0.183. The SMILES string of the molecule is COc1ccc(CNC(=O)c2c(O)cc(OCC(=O)O)cc2O)cc1O. The predicted octanol–water partition coefficient (Wildman–Crippen LogP) is 1.21. The van der Waals surface area contributed by atoms with Crippen LogP contribution in [0, 0.1) is 0 Å². The van der Waals surface area contributed by atoms with E-state index >= 15 is 0 Å². The van der Waals surface area contributed by atoms with Gasteiger partial charge in [-0.2, -0.15) is 0 Å². The molecule has 0 radical (unpaired) electrons. The Balaban J connectivity index is 2.09. The second-order valence-electron chi connectivity index (χ2n) is 5.21. The fraction of sp³-hybridized carbons (Fsp3) is 0.176. The Hall–Kier alpha value is -3.62. The Labute approximate surface area is 148 Å². The lowest BCUT2D eigenvalue weighted by Crippen LogP contribution is -2.23. The molecular formula is C17H17NO8. The molecule has 0 aliphatic heterocycles. The number of amides is 1. The van der Waals surface area contributed by atoms with Crippen LogP contribution in [0.25, 0.3) is 0 Å². The molecule has 0 aliphatic carbocycles. The average Bonchev–Trinajstić information content (AvgIpc) is 2.57. The van der Waals surface area contributed by atoms with E-state index in [0.717, 1.165) is 12.1 Å². The maximum absolute atomic E-state index is 12.2. The van der Waals surface area contributed by atoms with Gasteiger partial charge in [-0.15, -0.1) is 0 Å². The van der Waals surface area contributed by atoms with Crippen molar-refractivity contribution in [2.24, 2.45) is 0 Å². The van der Waals surface area contributed by atoms with Crippen molar-refractivity contribution < 1.29 is 39.5 Å². The molecule has 0 unspecified atom stereocenters. The highest BCUT2D eigenvalue weighted by atomic mass is 16.5. The molecular weight excluding hydrogens is 346 g/mol. The number of methoxy groups -OCH3 is 1. The van der Waals surface area contributed by atoms with Crippen molar-refractivity contribution in [3.8, 4) is 28.7 Å². The molecule has 0 aliphatic rings. The number of carboxylic acid groups (broad SMARTS) is 1. The van der Waals surface area contributed by atoms with Gasteiger partial charge < -0.3 is 35.2 Å². The molecule has 2 aromatic rings. The van der Waals surface area contributed by atoms with E-state index in [4.69, 9.17) is 14.6 Å². The summed E-state index contributed by atoms with van der Waals surface area (Å²) in [6, 6.07) is 6.61. The molecule has 9 heteroatoms. The van der Waals surface area contributed by atoms with Crippen molar-refractivity contribution in [1.29, 1.82) is 0 Å². The lowest BCUT2D eigenvalue weighted by molar-refractivity contribution is -0.139. The van der Waals surface area contributed by atoms with Crippen LogP contribution in [0.5, 0.6) is 28.7 Å². The van der Waals surface area contributed by atoms with Crippen molar-refractivity contribution in [2.75, 3.05) is 13.7 Å². The number of hydrogen-bond donors (Lipinski definition) is 5. The summed E-state index contributed by atoms with van der Waals surface area (Å²) >= 11 is 0. The number of nitrogens with one attached hydrogen (secondary N) is 1. The maximum Gasteiger partial charge on any atom is 0.341 e. The van der Waals surface area contributed by atoms with Crippen molar-refractivity contribution in [3.05, 3.63) is 41.5 Å². The number of carboxylic acids is 1. The third kappa shape index (κ3) is 4.47. The minimum atomic E-state index is -1.23. The highest BCUT2D eigenvalue weighted by molar-refractivity contribution is 5.99. The van der Waals surface area contributed by atoms with Crippen molar-refractivity contribution in [3.63, 3.8) is 0 Å². The fourth-order valence-electron chi connectivity index (χ4n) is 2.16. The van der Waals surface area contributed by atoms with Crippen LogP contribution < -0.4 is 14.8 Å². The molecule has 26 heavy (non-hydrogen) atoms. The van der Waals surface area contributed by atoms with Gasteiger partial charge in [0.25, 0.3) is 5.91 Å². The topological polar surface area (TPSA) is 146 Å². The van der Waals surface area contributed by atoms with Gasteiger partial charge in [0.05, 0.1) is 7.11 Å². The lowest BCUT2D eigenvalue weighted by Gasteiger charge is -2.11. The highest BCUT2D eigenvalue weighted by Gasteiger charge is 2.18. The zero-order valence-corrected chi connectivity index (χ0v) is 13.7. The third-order valence-electron chi connectivity index (χ3n) is 3.36. The number of phenolic OH excluding ortho intramolecular Hbond substituents is 3. The summed E-state index contributed by atoms with van der Waals surface area (Å²) in [5, 5.41) is 40.6. The molecule has 1 amide bonds. The second-order valence-corrected chi connectivity index (χ2v) is 5.21. The van der Waals surface area contributed by atoms with E-state index in [2.05, 4.69) is 5.32 Å². The summed E-state index contributed by atoms with van der Waals surface area (Å²) in [5.74, 6) is -3.04. The van der Waals surface area contributed by atoms with Crippen LogP contribution in [0.15, 0.2) is 30.3 Å². The van der Waals surface area contributed by atoms with Gasteiger partial charge in [-0.25, -0.2) is 4.79 Å². The Morgan fingerprint density at radius 3 is 2.23 bits per heavy atom. The number of carbonyl (C=O) groups is 2. The monoisotopic (exact) mass is 363 g/mol. The first-order valence-electron chi connectivity index (χ1n) is 7.36. The quantitative estimate of drug-likeness (QED) is 0.493. The van der Waals surface area contributed by atoms with E-state index in [1.807, 2.05) is 0 Å². The maximum atomic E-state index is 12.2. The fourth-order valence-corrected chi connectivity index (χ4v) is 2.16. The van der Waals surface area contributed by atoms with Crippen LogP contribution in [0.2, 0.25) is 0 Å². The van der Waals surface area contributed by atoms with Crippen LogP contribution in [0.1, 0.15) is 15.9 Å². The van der Waals surface area contributed by atoms with Crippen LogP contribution in [0.4, 0.5) is 0 Å². The van der Waals surface area contributed by atoms with Gasteiger partial charge in [-0.1, -0.05) is 6.07 Å². The summed E-state index contributed by atoms with van der Waals surface area (Å²) in [6.45, 7) is -0.641. The van der Waals surface area contributed by atoms with E-state index in [0.29, 0.717) is 5.56 Å². The molecule has 0 saturated heterocycles. The molecule has 2 aromatic carbocycles. The number of ether oxygens (including phenoxy) is 2. The van der Waals surface area contributed by atoms with Gasteiger partial charge in [0.15, 0.2) is 18.1 Å². The molecule has 0 spiro atoms. The van der Waals surface area contributed by atoms with Gasteiger partial charge in [0.2, 0.25) is 0 Å². The second kappa shape index (κ2) is 7.97. The zero-order valence-electron chi connectivity index (χ0n) is 13.7. The Morgan fingerprint density at radius 2 is 1.69 bits per heavy atom. The van der Waals surface area contributed by atoms with Crippen molar-refractivity contribution in [1.82, 2.24) is 5.32 Å².